The molecule has 1 heterocycles. The van der Waals surface area contributed by atoms with Crippen molar-refractivity contribution < 1.29 is 22.7 Å². The third-order valence-corrected chi connectivity index (χ3v) is 7.61. The lowest BCUT2D eigenvalue weighted by molar-refractivity contribution is -0.149. The third-order valence-electron chi connectivity index (χ3n) is 5.35. The number of nitrogens with zero attached hydrogens (tertiary/aromatic N) is 1. The zero-order valence-electron chi connectivity index (χ0n) is 16.7. The first-order chi connectivity index (χ1) is 13.9. The van der Waals surface area contributed by atoms with Crippen molar-refractivity contribution in [2.45, 2.75) is 49.2 Å². The molecule has 0 N–H and O–H groups in total. The first-order valence-electron chi connectivity index (χ1n) is 10.1. The lowest BCUT2D eigenvalue weighted by atomic mass is 10.1. The van der Waals surface area contributed by atoms with Crippen LogP contribution in [0.3, 0.4) is 0 Å². The van der Waals surface area contributed by atoms with Gasteiger partial charge in [0.2, 0.25) is 5.91 Å². The number of fused-ring (bicyclic) bond motifs is 1. The van der Waals surface area contributed by atoms with E-state index in [1.807, 2.05) is 30.3 Å². The molecule has 7 heteroatoms. The van der Waals surface area contributed by atoms with Crippen LogP contribution in [-0.4, -0.2) is 50.1 Å². The van der Waals surface area contributed by atoms with Crippen LogP contribution in [0.25, 0.3) is 10.8 Å². The van der Waals surface area contributed by atoms with Crippen LogP contribution in [0, 0.1) is 0 Å². The summed E-state index contributed by atoms with van der Waals surface area (Å²) in [4.78, 5) is 26.1. The first-order valence-corrected chi connectivity index (χ1v) is 11.6. The molecule has 1 amide bonds. The minimum atomic E-state index is -3.54. The Morgan fingerprint density at radius 2 is 1.86 bits per heavy atom. The van der Waals surface area contributed by atoms with Crippen molar-refractivity contribution in [1.29, 1.82) is 0 Å². The molecule has 0 aromatic heterocycles. The van der Waals surface area contributed by atoms with Crippen LogP contribution in [0.5, 0.6) is 0 Å². The van der Waals surface area contributed by atoms with Crippen LogP contribution in [0.15, 0.2) is 47.4 Å². The van der Waals surface area contributed by atoms with Gasteiger partial charge in [-0.2, -0.15) is 0 Å². The van der Waals surface area contributed by atoms with Gasteiger partial charge in [0.25, 0.3) is 0 Å². The molecule has 0 aliphatic carbocycles. The van der Waals surface area contributed by atoms with E-state index >= 15 is 0 Å². The maximum absolute atomic E-state index is 13.3. The summed E-state index contributed by atoms with van der Waals surface area (Å²) in [6.07, 6.45) is 2.22. The van der Waals surface area contributed by atoms with Crippen molar-refractivity contribution in [1.82, 2.24) is 4.90 Å². The van der Waals surface area contributed by atoms with Crippen molar-refractivity contribution in [2.75, 3.05) is 19.7 Å². The lowest BCUT2D eigenvalue weighted by Gasteiger charge is -2.21. The monoisotopic (exact) mass is 417 g/mol. The zero-order chi connectivity index (χ0) is 20.9. The summed E-state index contributed by atoms with van der Waals surface area (Å²) in [5.74, 6) is -0.626. The molecule has 1 saturated heterocycles. The number of benzene rings is 2. The molecule has 1 aliphatic rings. The fourth-order valence-corrected chi connectivity index (χ4v) is 5.60. The van der Waals surface area contributed by atoms with E-state index in [1.165, 1.54) is 4.90 Å². The van der Waals surface area contributed by atoms with E-state index in [4.69, 9.17) is 4.74 Å². The Hall–Kier alpha value is -2.41. The van der Waals surface area contributed by atoms with Gasteiger partial charge in [-0.15, -0.1) is 0 Å². The Balaban J connectivity index is 1.76. The highest BCUT2D eigenvalue weighted by atomic mass is 32.2. The van der Waals surface area contributed by atoms with Gasteiger partial charge >= 0.3 is 5.97 Å². The van der Waals surface area contributed by atoms with E-state index in [2.05, 4.69) is 0 Å². The van der Waals surface area contributed by atoms with Gasteiger partial charge < -0.3 is 9.64 Å². The average molecular weight is 418 g/mol. The van der Waals surface area contributed by atoms with Gasteiger partial charge in [-0.3, -0.25) is 9.59 Å². The van der Waals surface area contributed by atoms with Gasteiger partial charge in [-0.25, -0.2) is 8.42 Å². The number of hydrogen-bond donors (Lipinski definition) is 0. The Morgan fingerprint density at radius 1 is 1.10 bits per heavy atom. The second kappa shape index (κ2) is 9.39. The van der Waals surface area contributed by atoms with Crippen LogP contribution in [-0.2, 0) is 24.2 Å². The van der Waals surface area contributed by atoms with Gasteiger partial charge in [0.15, 0.2) is 9.84 Å². The molecular weight excluding hydrogens is 390 g/mol. The fourth-order valence-electron chi connectivity index (χ4n) is 3.76. The number of sulfone groups is 1. The molecule has 156 valence electrons. The SMILES string of the molecule is CCOC(=O)CN1CCCCC(S(=O)(=O)c2ccc3ccccc3c2)CCC1=O. The highest BCUT2D eigenvalue weighted by Gasteiger charge is 2.30. The largest absolute Gasteiger partial charge is 0.465 e. The lowest BCUT2D eigenvalue weighted by Crippen LogP contribution is -2.37. The predicted octanol–water partition coefficient (Wildman–Crippen LogP) is 3.34. The quantitative estimate of drug-likeness (QED) is 0.697. The molecule has 0 bridgehead atoms. The number of ether oxygens (including phenoxy) is 1. The topological polar surface area (TPSA) is 80.8 Å². The van der Waals surface area contributed by atoms with Gasteiger partial charge in [0, 0.05) is 13.0 Å². The number of esters is 1. The van der Waals surface area contributed by atoms with E-state index < -0.39 is 21.1 Å². The molecular formula is C22H27NO5S. The number of rotatable bonds is 5. The standard InChI is InChI=1S/C22H27NO5S/c1-2-28-22(25)16-23-14-6-5-9-19(12-13-21(23)24)29(26,27)20-11-10-17-7-3-4-8-18(17)15-20/h3-4,7-8,10-11,15,19H,2,5-6,9,12-14,16H2,1H3. The molecule has 1 unspecified atom stereocenters. The van der Waals surface area contributed by atoms with Crippen LogP contribution >= 0.6 is 0 Å². The Bertz CT molecular complexity index is 986. The van der Waals surface area contributed by atoms with Crippen molar-refractivity contribution in [2.24, 2.45) is 0 Å². The van der Waals surface area contributed by atoms with Gasteiger partial charge in [-0.1, -0.05) is 36.8 Å². The molecule has 2 aromatic carbocycles. The maximum Gasteiger partial charge on any atom is 0.325 e. The second-order valence-corrected chi connectivity index (χ2v) is 9.56. The first kappa shape index (κ1) is 21.3. The number of carbonyl (C=O) groups is 2. The molecule has 0 saturated carbocycles. The highest BCUT2D eigenvalue weighted by molar-refractivity contribution is 7.92. The smallest absolute Gasteiger partial charge is 0.325 e. The van der Waals surface area contributed by atoms with Crippen LogP contribution in [0.4, 0.5) is 0 Å². The summed E-state index contributed by atoms with van der Waals surface area (Å²) >= 11 is 0. The van der Waals surface area contributed by atoms with Crippen LogP contribution in [0.1, 0.15) is 39.0 Å². The van der Waals surface area contributed by atoms with E-state index in [9.17, 15) is 18.0 Å². The number of amides is 1. The van der Waals surface area contributed by atoms with Gasteiger partial charge in [0.05, 0.1) is 16.8 Å². The fraction of sp³-hybridized carbons (Fsp3) is 0.455. The van der Waals surface area contributed by atoms with E-state index in [0.29, 0.717) is 30.7 Å². The minimum Gasteiger partial charge on any atom is -0.465 e. The summed E-state index contributed by atoms with van der Waals surface area (Å²) in [6, 6.07) is 12.8. The van der Waals surface area contributed by atoms with Crippen LogP contribution < -0.4 is 0 Å². The zero-order valence-corrected chi connectivity index (χ0v) is 17.5. The predicted molar refractivity (Wildman–Crippen MR) is 111 cm³/mol. The summed E-state index contributed by atoms with van der Waals surface area (Å²) < 4.78 is 31.5. The molecule has 0 spiro atoms. The van der Waals surface area contributed by atoms with Crippen molar-refractivity contribution >= 4 is 32.5 Å². The highest BCUT2D eigenvalue weighted by Crippen LogP contribution is 2.27. The Labute approximate surface area is 171 Å². The molecule has 1 fully saturated rings. The molecule has 1 aliphatic heterocycles. The number of hydrogen-bond acceptors (Lipinski definition) is 5. The van der Waals surface area contributed by atoms with Crippen molar-refractivity contribution in [3.63, 3.8) is 0 Å². The molecule has 2 aromatic rings. The van der Waals surface area contributed by atoms with Crippen molar-refractivity contribution in [3.05, 3.63) is 42.5 Å². The Morgan fingerprint density at radius 3 is 2.62 bits per heavy atom. The molecule has 3 rings (SSSR count). The second-order valence-electron chi connectivity index (χ2n) is 7.33. The number of carbonyl (C=O) groups excluding carboxylic acids is 2. The molecule has 0 radical (unpaired) electrons. The Kier molecular flexibility index (Phi) is 6.90. The third kappa shape index (κ3) is 5.15. The van der Waals surface area contributed by atoms with E-state index in [0.717, 1.165) is 10.8 Å². The van der Waals surface area contributed by atoms with Gasteiger partial charge in [0.1, 0.15) is 6.54 Å². The van der Waals surface area contributed by atoms with E-state index in [-0.39, 0.29) is 31.9 Å². The van der Waals surface area contributed by atoms with E-state index in [1.54, 1.807) is 19.1 Å². The summed E-state index contributed by atoms with van der Waals surface area (Å²) in [7, 11) is -3.54. The molecule has 29 heavy (non-hydrogen) atoms. The normalized spacial score (nSPS) is 18.7. The summed E-state index contributed by atoms with van der Waals surface area (Å²) in [5, 5.41) is 1.27. The maximum atomic E-state index is 13.3. The molecule has 6 nitrogen and oxygen atoms in total. The van der Waals surface area contributed by atoms with Gasteiger partial charge in [-0.05, 0) is 49.1 Å². The average Bonchev–Trinajstić information content (AvgIpc) is 2.79. The summed E-state index contributed by atoms with van der Waals surface area (Å²) in [6.45, 7) is 2.36. The van der Waals surface area contributed by atoms with Crippen LogP contribution in [0.2, 0.25) is 0 Å². The summed E-state index contributed by atoms with van der Waals surface area (Å²) in [5.41, 5.74) is 0. The molecule has 1 atom stereocenters. The van der Waals surface area contributed by atoms with Crippen molar-refractivity contribution in [3.8, 4) is 0 Å². The minimum absolute atomic E-state index is 0.0746.